The van der Waals surface area contributed by atoms with E-state index in [0.29, 0.717) is 0 Å². The summed E-state index contributed by atoms with van der Waals surface area (Å²) in [7, 11) is 0. The molecule has 0 fully saturated rings. The number of fused-ring (bicyclic) bond motifs is 9. The number of nitrogens with zero attached hydrogens (tertiary/aromatic N) is 2. The second-order valence-electron chi connectivity index (χ2n) is 23.3. The van der Waals surface area contributed by atoms with E-state index in [1.807, 2.05) is 6.08 Å². The Morgan fingerprint density at radius 3 is 1.34 bits per heavy atom. The molecule has 0 N–H and O–H groups in total. The molecule has 404 valence electrons. The molecule has 0 saturated heterocycles. The van der Waals surface area contributed by atoms with Gasteiger partial charge < -0.3 is 9.80 Å². The molecule has 0 amide bonds. The fourth-order valence-electron chi connectivity index (χ4n) is 14.7. The molecule has 1 atom stereocenters. The van der Waals surface area contributed by atoms with Gasteiger partial charge in [0, 0.05) is 34.1 Å². The lowest BCUT2D eigenvalue weighted by Gasteiger charge is -2.44. The molecule has 2 nitrogen and oxygen atoms in total. The van der Waals surface area contributed by atoms with E-state index in [9.17, 15) is 0 Å². The largest absolute Gasteiger partial charge is 0.311 e. The van der Waals surface area contributed by atoms with Gasteiger partial charge in [-0.3, -0.25) is 0 Å². The summed E-state index contributed by atoms with van der Waals surface area (Å²) in [6, 6.07) is 103. The predicted molar refractivity (Wildman–Crippen MR) is 367 cm³/mol. The summed E-state index contributed by atoms with van der Waals surface area (Å²) in [5, 5.41) is 0. The smallest absolute Gasteiger partial charge is 0.242 e. The first-order valence-corrected chi connectivity index (χ1v) is 30.3. The average Bonchev–Trinajstić information content (AvgIpc) is 1.39. The van der Waals surface area contributed by atoms with Crippen LogP contribution in [0.2, 0.25) is 0 Å². The lowest BCUT2D eigenvalue weighted by atomic mass is 9.28. The zero-order valence-corrected chi connectivity index (χ0v) is 48.5. The number of hydrogen-bond donors (Lipinski definition) is 0. The summed E-state index contributed by atoms with van der Waals surface area (Å²) in [5.74, 6) is 0. The lowest BCUT2D eigenvalue weighted by Crippen LogP contribution is -2.64. The minimum absolute atomic E-state index is 0.0528. The van der Waals surface area contributed by atoms with Crippen molar-refractivity contribution in [3.63, 3.8) is 0 Å². The molecule has 1 unspecified atom stereocenters. The second-order valence-corrected chi connectivity index (χ2v) is 23.3. The molecular weight excluding hydrogens is 1030 g/mol. The van der Waals surface area contributed by atoms with Crippen molar-refractivity contribution in [1.82, 2.24) is 0 Å². The highest BCUT2D eigenvalue weighted by Gasteiger charge is 2.54. The van der Waals surface area contributed by atoms with Crippen molar-refractivity contribution >= 4 is 92.3 Å². The molecule has 15 rings (SSSR count). The van der Waals surface area contributed by atoms with Crippen LogP contribution in [0, 0.1) is 13.8 Å². The molecule has 5 heteroatoms. The molecule has 4 aliphatic rings. The van der Waals surface area contributed by atoms with Gasteiger partial charge in [-0.05, 0) is 139 Å². The first-order valence-electron chi connectivity index (χ1n) is 30.3. The van der Waals surface area contributed by atoms with Gasteiger partial charge in [0.05, 0.1) is 5.41 Å². The Hall–Kier alpha value is -10.3. The van der Waals surface area contributed by atoms with E-state index in [0.717, 1.165) is 41.3 Å². The summed E-state index contributed by atoms with van der Waals surface area (Å²) in [4.78, 5) is 4.92. The number of benzene rings is 11. The Bertz CT molecular complexity index is 4480. The van der Waals surface area contributed by atoms with Crippen molar-refractivity contribution < 1.29 is 0 Å². The summed E-state index contributed by atoms with van der Waals surface area (Å²) >= 11 is 0. The lowest BCUT2D eigenvalue weighted by molar-refractivity contribution is 0.776. The van der Waals surface area contributed by atoms with E-state index in [1.165, 1.54) is 99.4 Å². The summed E-state index contributed by atoms with van der Waals surface area (Å²) in [5.41, 5.74) is 33.9. The van der Waals surface area contributed by atoms with Gasteiger partial charge in [0.25, 0.3) is 0 Å². The van der Waals surface area contributed by atoms with E-state index in [1.54, 1.807) is 0 Å². The van der Waals surface area contributed by atoms with E-state index in [4.69, 9.17) is 0 Å². The Kier molecular flexibility index (Phi) is 13.7. The van der Waals surface area contributed by atoms with E-state index in [2.05, 4.69) is 338 Å². The van der Waals surface area contributed by atoms with Gasteiger partial charge in [0.1, 0.15) is 0 Å². The Labute approximate surface area is 507 Å². The van der Waals surface area contributed by atoms with E-state index in [-0.39, 0.29) is 20.1 Å². The van der Waals surface area contributed by atoms with Crippen LogP contribution in [0.3, 0.4) is 0 Å². The highest BCUT2D eigenvalue weighted by atomic mass is 15.2. The Balaban J connectivity index is 1.12. The second kappa shape index (κ2) is 22.4. The number of aryl methyl sites for hydroxylation is 2. The molecule has 3 aliphatic carbocycles. The van der Waals surface area contributed by atoms with Crippen molar-refractivity contribution in [2.75, 3.05) is 9.80 Å². The molecule has 1 heterocycles. The Morgan fingerprint density at radius 1 is 0.395 bits per heavy atom. The normalized spacial score (nSPS) is 14.8. The summed E-state index contributed by atoms with van der Waals surface area (Å²) in [6.07, 6.45) is 15.4. The third kappa shape index (κ3) is 9.04. The zero-order valence-electron chi connectivity index (χ0n) is 48.5. The van der Waals surface area contributed by atoms with Gasteiger partial charge in [-0.2, -0.15) is 0 Å². The highest BCUT2D eigenvalue weighted by molar-refractivity contribution is 6.98. The molecule has 11 aromatic rings. The molecule has 86 heavy (non-hydrogen) atoms. The quantitative estimate of drug-likeness (QED) is 0.0839. The first-order chi connectivity index (χ1) is 42.5. The number of rotatable bonds is 13. The predicted octanol–water partition coefficient (Wildman–Crippen LogP) is 13.8. The van der Waals surface area contributed by atoms with Crippen molar-refractivity contribution in [3.05, 3.63) is 365 Å². The van der Waals surface area contributed by atoms with Gasteiger partial charge in [-0.25, -0.2) is 0 Å². The molecule has 0 aromatic heterocycles. The molecule has 0 bridgehead atoms. The molecule has 0 saturated carbocycles. The molecule has 1 aliphatic heterocycles. The molecular formula is C81H61B3N2. The fourth-order valence-corrected chi connectivity index (χ4v) is 14.7. The minimum Gasteiger partial charge on any atom is -0.311 e. The van der Waals surface area contributed by atoms with Gasteiger partial charge in [-0.1, -0.05) is 302 Å². The average molecular weight is 1090 g/mol. The van der Waals surface area contributed by atoms with Crippen molar-refractivity contribution in [2.45, 2.75) is 32.1 Å². The van der Waals surface area contributed by atoms with E-state index < -0.39 is 5.41 Å². The van der Waals surface area contributed by atoms with Crippen LogP contribution in [0.15, 0.2) is 332 Å². The maximum Gasteiger partial charge on any atom is 0.242 e. The molecule has 1 spiro atoms. The summed E-state index contributed by atoms with van der Waals surface area (Å²) in [6.45, 7) is 4.38. The van der Waals surface area contributed by atoms with Gasteiger partial charge in [0.15, 0.2) is 0 Å². The standard InChI is InChI=1S/C81H61B3N2/c1-58-28-27-29-59(2)80(58)84-78-52-46-64(82(60-30-11-3-12-31-60)61-32-13-4-14-33-61)54-76(78)81(77-55-65(47-53-79(77)84)83(62-34-15-5-16-35-62)63-36-17-6-18-37-63)74-56-70(85(66-38-19-7-20-39-66)67-40-21-8-22-41-67)48-50-72(74)73-51-49-71(57-75(73)81)86(68-42-23-9-24-43-68)69-44-25-10-26-45-69/h3-5,7-9,11-17,19-25,27-57H,10,26H2,1-2H3. The maximum absolute atomic E-state index is 3.37. The van der Waals surface area contributed by atoms with E-state index >= 15 is 0 Å². The highest BCUT2D eigenvalue weighted by Crippen LogP contribution is 2.59. The number of para-hydroxylation sites is 3. The first kappa shape index (κ1) is 52.5. The van der Waals surface area contributed by atoms with Crippen LogP contribution in [0.4, 0.5) is 28.4 Å². The van der Waals surface area contributed by atoms with Gasteiger partial charge in [0.2, 0.25) is 20.1 Å². The number of anilines is 5. The third-order valence-electron chi connectivity index (χ3n) is 18.4. The van der Waals surface area contributed by atoms with Gasteiger partial charge in [-0.15, -0.1) is 0 Å². The third-order valence-corrected chi connectivity index (χ3v) is 18.4. The van der Waals surface area contributed by atoms with Crippen LogP contribution in [0.5, 0.6) is 0 Å². The zero-order chi connectivity index (χ0) is 57.6. The number of allylic oxidation sites excluding steroid dienone is 7. The van der Waals surface area contributed by atoms with Crippen LogP contribution in [-0.2, 0) is 5.41 Å². The molecule has 11 aromatic carbocycles. The van der Waals surface area contributed by atoms with Gasteiger partial charge >= 0.3 is 0 Å². The topological polar surface area (TPSA) is 6.48 Å². The summed E-state index contributed by atoms with van der Waals surface area (Å²) < 4.78 is 0. The van der Waals surface area contributed by atoms with Crippen LogP contribution < -0.4 is 53.5 Å². The van der Waals surface area contributed by atoms with Crippen LogP contribution in [-0.4, -0.2) is 20.1 Å². The van der Waals surface area contributed by atoms with Crippen LogP contribution in [0.1, 0.15) is 46.2 Å². The SMILES string of the molecule is Cc1cccc(C)c1B1c2ccc(B(C3=CC=C=C=C3)c3ccccc3)cc2C2(c3cc(B(c4ccccc4)c4ccccc4)ccc31)c1cc(N(C3=CCCC=C3)c3ccccc3)ccc1-c1ccc(N(c3ccccc3)c3ccccc3)cc12. The van der Waals surface area contributed by atoms with Crippen molar-refractivity contribution in [3.8, 4) is 11.1 Å². The maximum atomic E-state index is 3.37. The van der Waals surface area contributed by atoms with Crippen molar-refractivity contribution in [1.29, 1.82) is 0 Å². The Morgan fingerprint density at radius 2 is 0.860 bits per heavy atom. The molecule has 0 radical (unpaired) electrons. The van der Waals surface area contributed by atoms with Crippen molar-refractivity contribution in [2.24, 2.45) is 0 Å². The fraction of sp³-hybridized carbons (Fsp3) is 0.0617. The monoisotopic (exact) mass is 1090 g/mol. The van der Waals surface area contributed by atoms with Crippen LogP contribution in [0.25, 0.3) is 11.1 Å². The minimum atomic E-state index is -0.881. The number of hydrogen-bond acceptors (Lipinski definition) is 2. The van der Waals surface area contributed by atoms with Crippen LogP contribution >= 0.6 is 0 Å².